The summed E-state index contributed by atoms with van der Waals surface area (Å²) in [4.78, 5) is 21.6. The first-order valence-electron chi connectivity index (χ1n) is 8.98. The number of aryl methyl sites for hydroxylation is 1. The Morgan fingerprint density at radius 3 is 2.79 bits per heavy atom. The fraction of sp³-hybridized carbons (Fsp3) is 0.765. The first-order chi connectivity index (χ1) is 11.7. The van der Waals surface area contributed by atoms with Crippen LogP contribution in [0, 0.1) is 0 Å². The Bertz CT molecular complexity index is 566. The molecule has 0 bridgehead atoms. The van der Waals surface area contributed by atoms with Crippen molar-refractivity contribution in [2.75, 3.05) is 53.5 Å². The normalized spacial score (nSPS) is 19.8. The van der Waals surface area contributed by atoms with Gasteiger partial charge in [0.05, 0.1) is 18.9 Å². The van der Waals surface area contributed by atoms with Crippen molar-refractivity contribution >= 4 is 5.91 Å². The lowest BCUT2D eigenvalue weighted by molar-refractivity contribution is 0.0374. The second kappa shape index (κ2) is 8.09. The molecule has 0 spiro atoms. The van der Waals surface area contributed by atoms with Gasteiger partial charge in [-0.3, -0.25) is 9.69 Å². The van der Waals surface area contributed by atoms with Crippen LogP contribution in [0.15, 0.2) is 0 Å². The third kappa shape index (κ3) is 3.96. The van der Waals surface area contributed by atoms with Crippen LogP contribution < -0.4 is 5.32 Å². The van der Waals surface area contributed by atoms with Crippen LogP contribution >= 0.6 is 0 Å². The van der Waals surface area contributed by atoms with Gasteiger partial charge in [0.25, 0.3) is 5.91 Å². The molecule has 7 nitrogen and oxygen atoms in total. The molecule has 0 aliphatic carbocycles. The van der Waals surface area contributed by atoms with E-state index in [0.717, 1.165) is 83.3 Å². The Hall–Kier alpha value is -1.44. The Labute approximate surface area is 144 Å². The fourth-order valence-corrected chi connectivity index (χ4v) is 3.57. The summed E-state index contributed by atoms with van der Waals surface area (Å²) in [5.41, 5.74) is 1.67. The highest BCUT2D eigenvalue weighted by Crippen LogP contribution is 2.19. The zero-order valence-electron chi connectivity index (χ0n) is 14.9. The minimum absolute atomic E-state index is 0.0755. The molecule has 0 unspecified atom stereocenters. The summed E-state index contributed by atoms with van der Waals surface area (Å²) in [7, 11) is 3.78. The van der Waals surface area contributed by atoms with E-state index in [1.165, 1.54) is 0 Å². The SMILES string of the molecule is CNC(=O)c1nc(CCCN2CCOCC2)n2c1CN(C)CCC2. The maximum atomic E-state index is 12.2. The number of amides is 1. The van der Waals surface area contributed by atoms with Crippen molar-refractivity contribution in [1.82, 2.24) is 24.7 Å². The topological polar surface area (TPSA) is 62.6 Å². The second-order valence-electron chi connectivity index (χ2n) is 6.70. The number of carbonyl (C=O) groups excluding carboxylic acids is 1. The van der Waals surface area contributed by atoms with E-state index >= 15 is 0 Å². The van der Waals surface area contributed by atoms with Gasteiger partial charge in [-0.15, -0.1) is 0 Å². The average Bonchev–Trinajstić information content (AvgIpc) is 2.80. The lowest BCUT2D eigenvalue weighted by Crippen LogP contribution is -2.37. The molecule has 0 aromatic carbocycles. The quantitative estimate of drug-likeness (QED) is 0.841. The molecule has 24 heavy (non-hydrogen) atoms. The van der Waals surface area contributed by atoms with Gasteiger partial charge in [0.1, 0.15) is 5.82 Å². The smallest absolute Gasteiger partial charge is 0.271 e. The van der Waals surface area contributed by atoms with Crippen LogP contribution in [0.2, 0.25) is 0 Å². The summed E-state index contributed by atoms with van der Waals surface area (Å²) in [6.45, 7) is 7.60. The van der Waals surface area contributed by atoms with Gasteiger partial charge in [0.2, 0.25) is 0 Å². The molecule has 1 aromatic rings. The summed E-state index contributed by atoms with van der Waals surface area (Å²) in [6, 6.07) is 0. The molecule has 1 amide bonds. The number of nitrogens with zero attached hydrogens (tertiary/aromatic N) is 4. The molecule has 1 saturated heterocycles. The number of carbonyl (C=O) groups is 1. The van der Waals surface area contributed by atoms with Gasteiger partial charge in [-0.05, 0) is 33.0 Å². The molecule has 3 heterocycles. The molecular weight excluding hydrogens is 306 g/mol. The van der Waals surface area contributed by atoms with Gasteiger partial charge in [0.15, 0.2) is 5.69 Å². The van der Waals surface area contributed by atoms with E-state index in [1.54, 1.807) is 7.05 Å². The summed E-state index contributed by atoms with van der Waals surface area (Å²) < 4.78 is 7.68. The standard InChI is InChI=1S/C17H29N5O2/c1-18-17(23)16-14-13-20(2)6-4-8-22(14)15(19-16)5-3-7-21-9-11-24-12-10-21/h3-13H2,1-2H3,(H,18,23). The molecular formula is C17H29N5O2. The van der Waals surface area contributed by atoms with E-state index < -0.39 is 0 Å². The summed E-state index contributed by atoms with van der Waals surface area (Å²) in [6.07, 6.45) is 3.09. The Kier molecular flexibility index (Phi) is 5.86. The first-order valence-corrected chi connectivity index (χ1v) is 8.98. The molecule has 1 aromatic heterocycles. The molecule has 1 fully saturated rings. The number of ether oxygens (including phenoxy) is 1. The van der Waals surface area contributed by atoms with E-state index in [-0.39, 0.29) is 5.91 Å². The molecule has 2 aliphatic heterocycles. The summed E-state index contributed by atoms with van der Waals surface area (Å²) >= 11 is 0. The predicted molar refractivity (Wildman–Crippen MR) is 92.1 cm³/mol. The maximum absolute atomic E-state index is 12.2. The molecule has 0 saturated carbocycles. The number of nitrogens with one attached hydrogen (secondary N) is 1. The van der Waals surface area contributed by atoms with Gasteiger partial charge in [0, 0.05) is 39.6 Å². The van der Waals surface area contributed by atoms with Crippen LogP contribution in [0.3, 0.4) is 0 Å². The lowest BCUT2D eigenvalue weighted by atomic mass is 10.2. The minimum Gasteiger partial charge on any atom is -0.379 e. The Morgan fingerprint density at radius 1 is 1.25 bits per heavy atom. The first kappa shape index (κ1) is 17.4. The monoisotopic (exact) mass is 335 g/mol. The number of hydrogen-bond acceptors (Lipinski definition) is 5. The lowest BCUT2D eigenvalue weighted by Gasteiger charge is -2.26. The van der Waals surface area contributed by atoms with E-state index in [1.807, 2.05) is 0 Å². The number of morpholine rings is 1. The number of fused-ring (bicyclic) bond motifs is 1. The van der Waals surface area contributed by atoms with Gasteiger partial charge in [-0.2, -0.15) is 0 Å². The molecule has 0 radical (unpaired) electrons. The number of aromatic nitrogens is 2. The predicted octanol–water partition coefficient (Wildman–Crippen LogP) is 0.343. The number of hydrogen-bond donors (Lipinski definition) is 1. The van der Waals surface area contributed by atoms with Crippen LogP contribution in [0.25, 0.3) is 0 Å². The van der Waals surface area contributed by atoms with Gasteiger partial charge in [-0.25, -0.2) is 4.98 Å². The van der Waals surface area contributed by atoms with Gasteiger partial charge in [-0.1, -0.05) is 0 Å². The highest BCUT2D eigenvalue weighted by Gasteiger charge is 2.24. The van der Waals surface area contributed by atoms with E-state index in [9.17, 15) is 4.79 Å². The van der Waals surface area contributed by atoms with Crippen molar-refractivity contribution in [3.63, 3.8) is 0 Å². The highest BCUT2D eigenvalue weighted by molar-refractivity contribution is 5.93. The summed E-state index contributed by atoms with van der Waals surface area (Å²) in [5.74, 6) is 0.987. The molecule has 7 heteroatoms. The maximum Gasteiger partial charge on any atom is 0.271 e. The molecule has 1 N–H and O–H groups in total. The van der Waals surface area contributed by atoms with Crippen LogP contribution in [0.4, 0.5) is 0 Å². The zero-order chi connectivity index (χ0) is 16.9. The molecule has 134 valence electrons. The van der Waals surface area contributed by atoms with Crippen LogP contribution in [0.1, 0.15) is 34.8 Å². The van der Waals surface area contributed by atoms with Crippen molar-refractivity contribution in [2.45, 2.75) is 32.4 Å². The number of imidazole rings is 1. The summed E-state index contributed by atoms with van der Waals surface area (Å²) in [5, 5.41) is 2.73. The fourth-order valence-electron chi connectivity index (χ4n) is 3.57. The van der Waals surface area contributed by atoms with Crippen molar-refractivity contribution < 1.29 is 9.53 Å². The minimum atomic E-state index is -0.0755. The number of rotatable bonds is 5. The second-order valence-corrected chi connectivity index (χ2v) is 6.70. The van der Waals surface area contributed by atoms with Crippen molar-refractivity contribution in [3.05, 3.63) is 17.2 Å². The third-order valence-electron chi connectivity index (χ3n) is 4.91. The Balaban J connectivity index is 1.71. The van der Waals surface area contributed by atoms with Crippen molar-refractivity contribution in [2.24, 2.45) is 0 Å². The van der Waals surface area contributed by atoms with Gasteiger partial charge < -0.3 is 19.5 Å². The van der Waals surface area contributed by atoms with Crippen LogP contribution in [0.5, 0.6) is 0 Å². The van der Waals surface area contributed by atoms with Crippen molar-refractivity contribution in [1.29, 1.82) is 0 Å². The molecule has 0 atom stereocenters. The molecule has 2 aliphatic rings. The van der Waals surface area contributed by atoms with Crippen LogP contribution in [-0.2, 0) is 24.2 Å². The third-order valence-corrected chi connectivity index (χ3v) is 4.91. The van der Waals surface area contributed by atoms with Crippen LogP contribution in [-0.4, -0.2) is 78.7 Å². The zero-order valence-corrected chi connectivity index (χ0v) is 14.9. The van der Waals surface area contributed by atoms with Gasteiger partial charge >= 0.3 is 0 Å². The van der Waals surface area contributed by atoms with E-state index in [0.29, 0.717) is 5.69 Å². The van der Waals surface area contributed by atoms with Crippen molar-refractivity contribution in [3.8, 4) is 0 Å². The molecule has 3 rings (SSSR count). The highest BCUT2D eigenvalue weighted by atomic mass is 16.5. The average molecular weight is 335 g/mol. The van der Waals surface area contributed by atoms with E-state index in [2.05, 4.69) is 26.7 Å². The largest absolute Gasteiger partial charge is 0.379 e. The Morgan fingerprint density at radius 2 is 2.04 bits per heavy atom. The van der Waals surface area contributed by atoms with E-state index in [4.69, 9.17) is 9.72 Å².